The molecule has 0 fully saturated rings. The predicted molar refractivity (Wildman–Crippen MR) is 84.9 cm³/mol. The number of carbonyl (C=O) groups excluding carboxylic acids is 1. The monoisotopic (exact) mass is 300 g/mol. The lowest BCUT2D eigenvalue weighted by atomic mass is 10.1. The number of carbonyl (C=O) groups is 1. The molecule has 0 bridgehead atoms. The van der Waals surface area contributed by atoms with E-state index in [0.717, 1.165) is 47.9 Å². The molecular formula is C16H16N2O2S. The highest BCUT2D eigenvalue weighted by Crippen LogP contribution is 2.43. The molecule has 2 aliphatic heterocycles. The van der Waals surface area contributed by atoms with Crippen LogP contribution < -0.4 is 14.5 Å². The smallest absolute Gasteiger partial charge is 0.259 e. The van der Waals surface area contributed by atoms with Crippen LogP contribution in [0.15, 0.2) is 29.0 Å². The van der Waals surface area contributed by atoms with Crippen LogP contribution in [0.4, 0.5) is 11.4 Å². The van der Waals surface area contributed by atoms with Gasteiger partial charge in [-0.2, -0.15) is 11.3 Å². The van der Waals surface area contributed by atoms with Crippen molar-refractivity contribution in [3.8, 4) is 5.75 Å². The highest BCUT2D eigenvalue weighted by molar-refractivity contribution is 7.08. The first-order valence-electron chi connectivity index (χ1n) is 7.11. The maximum Gasteiger partial charge on any atom is 0.259 e. The second kappa shape index (κ2) is 4.77. The van der Waals surface area contributed by atoms with E-state index in [2.05, 4.69) is 4.90 Å². The summed E-state index contributed by atoms with van der Waals surface area (Å²) in [7, 11) is 0. The summed E-state index contributed by atoms with van der Waals surface area (Å²) >= 11 is 1.58. The Morgan fingerprint density at radius 2 is 2.14 bits per heavy atom. The van der Waals surface area contributed by atoms with E-state index in [1.807, 2.05) is 40.8 Å². The molecule has 3 heterocycles. The molecule has 1 amide bonds. The molecule has 0 spiro atoms. The van der Waals surface area contributed by atoms with Crippen molar-refractivity contribution < 1.29 is 9.53 Å². The van der Waals surface area contributed by atoms with Crippen molar-refractivity contribution in [2.24, 2.45) is 0 Å². The molecule has 0 saturated heterocycles. The molecule has 1 aromatic heterocycles. The minimum atomic E-state index is 0.0902. The van der Waals surface area contributed by atoms with Crippen molar-refractivity contribution in [2.45, 2.75) is 6.92 Å². The summed E-state index contributed by atoms with van der Waals surface area (Å²) in [4.78, 5) is 17.0. The van der Waals surface area contributed by atoms with Crippen LogP contribution in [-0.2, 0) is 0 Å². The molecule has 0 N–H and O–H groups in total. The number of benzene rings is 1. The van der Waals surface area contributed by atoms with Crippen molar-refractivity contribution in [3.05, 3.63) is 40.1 Å². The normalized spacial score (nSPS) is 16.4. The summed E-state index contributed by atoms with van der Waals surface area (Å²) in [6.07, 6.45) is 0. The summed E-state index contributed by atoms with van der Waals surface area (Å²) in [6, 6.07) is 5.96. The highest BCUT2D eigenvalue weighted by atomic mass is 32.1. The van der Waals surface area contributed by atoms with E-state index in [1.54, 1.807) is 11.3 Å². The Kier molecular flexibility index (Phi) is 2.89. The number of anilines is 2. The Morgan fingerprint density at radius 1 is 1.24 bits per heavy atom. The van der Waals surface area contributed by atoms with Crippen molar-refractivity contribution in [3.63, 3.8) is 0 Å². The lowest BCUT2D eigenvalue weighted by molar-refractivity contribution is 0.0986. The zero-order valence-corrected chi connectivity index (χ0v) is 12.7. The average Bonchev–Trinajstić information content (AvgIpc) is 2.94. The van der Waals surface area contributed by atoms with Gasteiger partial charge in [0.25, 0.3) is 5.91 Å². The number of ether oxygens (including phenoxy) is 1. The van der Waals surface area contributed by atoms with Crippen LogP contribution in [0, 0.1) is 6.92 Å². The maximum absolute atomic E-state index is 12.8. The molecule has 0 aliphatic carbocycles. The van der Waals surface area contributed by atoms with Gasteiger partial charge < -0.3 is 14.5 Å². The fourth-order valence-electron chi connectivity index (χ4n) is 3.04. The van der Waals surface area contributed by atoms with Crippen molar-refractivity contribution in [1.29, 1.82) is 0 Å². The molecule has 0 unspecified atom stereocenters. The van der Waals surface area contributed by atoms with Gasteiger partial charge in [0.2, 0.25) is 0 Å². The molecule has 2 aromatic rings. The molecule has 108 valence electrons. The number of hydrogen-bond donors (Lipinski definition) is 0. The molecule has 4 nitrogen and oxygen atoms in total. The number of thiophene rings is 1. The van der Waals surface area contributed by atoms with Gasteiger partial charge in [0.1, 0.15) is 18.0 Å². The number of hydrogen-bond acceptors (Lipinski definition) is 4. The van der Waals surface area contributed by atoms with Gasteiger partial charge in [-0.25, -0.2) is 0 Å². The number of nitrogens with zero attached hydrogens (tertiary/aromatic N) is 2. The first kappa shape index (κ1) is 12.7. The Bertz CT molecular complexity index is 710. The van der Waals surface area contributed by atoms with Crippen molar-refractivity contribution >= 4 is 28.6 Å². The summed E-state index contributed by atoms with van der Waals surface area (Å²) in [5.41, 5.74) is 3.89. The van der Waals surface area contributed by atoms with Crippen LogP contribution in [0.2, 0.25) is 0 Å². The number of amides is 1. The fourth-order valence-corrected chi connectivity index (χ4v) is 3.86. The van der Waals surface area contributed by atoms with Gasteiger partial charge >= 0.3 is 0 Å². The Balaban J connectivity index is 1.79. The van der Waals surface area contributed by atoms with Crippen molar-refractivity contribution in [2.75, 3.05) is 36.0 Å². The third-order valence-electron chi connectivity index (χ3n) is 4.13. The molecule has 0 atom stereocenters. The fraction of sp³-hybridized carbons (Fsp3) is 0.312. The Labute approximate surface area is 127 Å². The number of para-hydroxylation sites is 1. The molecular weight excluding hydrogens is 284 g/mol. The molecule has 5 heteroatoms. The second-order valence-electron chi connectivity index (χ2n) is 5.38. The Hall–Kier alpha value is -2.01. The average molecular weight is 300 g/mol. The summed E-state index contributed by atoms with van der Waals surface area (Å²) in [5.74, 6) is 0.977. The highest BCUT2D eigenvalue weighted by Gasteiger charge is 2.32. The Morgan fingerprint density at radius 3 is 2.95 bits per heavy atom. The van der Waals surface area contributed by atoms with Crippen LogP contribution in [-0.4, -0.2) is 32.1 Å². The maximum atomic E-state index is 12.8. The van der Waals surface area contributed by atoms with E-state index in [0.29, 0.717) is 6.61 Å². The molecule has 21 heavy (non-hydrogen) atoms. The van der Waals surface area contributed by atoms with E-state index in [4.69, 9.17) is 4.74 Å². The summed E-state index contributed by atoms with van der Waals surface area (Å²) in [5, 5.41) is 3.96. The van der Waals surface area contributed by atoms with Crippen LogP contribution >= 0.6 is 11.3 Å². The van der Waals surface area contributed by atoms with Gasteiger partial charge in [0.15, 0.2) is 0 Å². The first-order chi connectivity index (χ1) is 10.3. The van der Waals surface area contributed by atoms with Gasteiger partial charge in [0, 0.05) is 18.5 Å². The van der Waals surface area contributed by atoms with Crippen LogP contribution in [0.25, 0.3) is 0 Å². The first-order valence-corrected chi connectivity index (χ1v) is 8.05. The quantitative estimate of drug-likeness (QED) is 0.812. The largest absolute Gasteiger partial charge is 0.489 e. The van der Waals surface area contributed by atoms with E-state index >= 15 is 0 Å². The predicted octanol–water partition coefficient (Wildman–Crippen LogP) is 2.92. The lowest BCUT2D eigenvalue weighted by Crippen LogP contribution is -2.47. The minimum absolute atomic E-state index is 0.0902. The standard InChI is InChI=1S/C16H16N2O2S/c1-11-9-21-10-12(11)16(19)18-6-5-17-7-8-20-14-4-2-3-13(18)15(14)17/h2-4,9-10H,5-8H2,1H3. The molecule has 1 aromatic carbocycles. The van der Waals surface area contributed by atoms with Gasteiger partial charge in [-0.05, 0) is 30.0 Å². The zero-order valence-electron chi connectivity index (χ0n) is 11.8. The zero-order chi connectivity index (χ0) is 14.4. The van der Waals surface area contributed by atoms with Crippen molar-refractivity contribution in [1.82, 2.24) is 0 Å². The van der Waals surface area contributed by atoms with E-state index < -0.39 is 0 Å². The number of aryl methyl sites for hydroxylation is 1. The van der Waals surface area contributed by atoms with Gasteiger partial charge in [-0.15, -0.1) is 0 Å². The van der Waals surface area contributed by atoms with E-state index in [-0.39, 0.29) is 5.91 Å². The van der Waals surface area contributed by atoms with Gasteiger partial charge in [-0.1, -0.05) is 6.07 Å². The molecule has 2 aliphatic rings. The third-order valence-corrected chi connectivity index (χ3v) is 4.99. The van der Waals surface area contributed by atoms with Gasteiger partial charge in [0.05, 0.1) is 17.8 Å². The SMILES string of the molecule is Cc1cscc1C(=O)N1CCN2CCOc3cccc1c32. The number of rotatable bonds is 1. The van der Waals surface area contributed by atoms with E-state index in [9.17, 15) is 4.79 Å². The summed E-state index contributed by atoms with van der Waals surface area (Å²) < 4.78 is 5.74. The van der Waals surface area contributed by atoms with Gasteiger partial charge in [-0.3, -0.25) is 4.79 Å². The van der Waals surface area contributed by atoms with Crippen LogP contribution in [0.5, 0.6) is 5.75 Å². The molecule has 4 rings (SSSR count). The summed E-state index contributed by atoms with van der Waals surface area (Å²) in [6.45, 7) is 5.19. The third kappa shape index (κ3) is 1.92. The van der Waals surface area contributed by atoms with Crippen LogP contribution in [0.1, 0.15) is 15.9 Å². The second-order valence-corrected chi connectivity index (χ2v) is 6.13. The molecule has 0 radical (unpaired) electrons. The van der Waals surface area contributed by atoms with Crippen LogP contribution in [0.3, 0.4) is 0 Å². The molecule has 0 saturated carbocycles. The minimum Gasteiger partial charge on any atom is -0.489 e. The van der Waals surface area contributed by atoms with E-state index in [1.165, 1.54) is 0 Å². The topological polar surface area (TPSA) is 32.8 Å². The lowest BCUT2D eigenvalue weighted by Gasteiger charge is -2.41.